The molecule has 2 aromatic heterocycles. The Balaban J connectivity index is 1.42. The second-order valence-electron chi connectivity index (χ2n) is 6.16. The van der Waals surface area contributed by atoms with E-state index >= 15 is 0 Å². The van der Waals surface area contributed by atoms with Gasteiger partial charge in [-0.05, 0) is 25.0 Å². The van der Waals surface area contributed by atoms with Crippen LogP contribution in [0.2, 0.25) is 0 Å². The largest absolute Gasteiger partial charge is 0.338 e. The zero-order valence-corrected chi connectivity index (χ0v) is 15.8. The predicted molar refractivity (Wildman–Crippen MR) is 102 cm³/mol. The standard InChI is InChI=1S/C18H19N5OS2/c24-18(22-7-5-15(6-8-22)23-12-19-11-21-23)16-3-1-2-4-17(16)26-10-14-9-25-13-20-14/h1-4,9,11-13,15H,5-8,10H2. The number of amides is 1. The lowest BCUT2D eigenvalue weighted by Gasteiger charge is -2.32. The highest BCUT2D eigenvalue weighted by atomic mass is 32.2. The number of hydrogen-bond acceptors (Lipinski definition) is 6. The van der Waals surface area contributed by atoms with Gasteiger partial charge in [-0.1, -0.05) is 12.1 Å². The Bertz CT molecular complexity index is 842. The Labute approximate surface area is 160 Å². The fraction of sp³-hybridized carbons (Fsp3) is 0.333. The lowest BCUT2D eigenvalue weighted by Crippen LogP contribution is -2.39. The number of carbonyl (C=O) groups excluding carboxylic acids is 1. The number of benzene rings is 1. The highest BCUT2D eigenvalue weighted by molar-refractivity contribution is 7.98. The van der Waals surface area contributed by atoms with Gasteiger partial charge in [0, 0.05) is 29.1 Å². The lowest BCUT2D eigenvalue weighted by molar-refractivity contribution is 0.0686. The second-order valence-corrected chi connectivity index (χ2v) is 7.90. The minimum atomic E-state index is 0.114. The predicted octanol–water partition coefficient (Wildman–Crippen LogP) is 3.50. The summed E-state index contributed by atoms with van der Waals surface area (Å²) in [6, 6.07) is 8.19. The van der Waals surface area contributed by atoms with Crippen LogP contribution in [0.25, 0.3) is 0 Å². The SMILES string of the molecule is O=C(c1ccccc1SCc1cscn1)N1CCC(n2cncn2)CC1. The van der Waals surface area contributed by atoms with Crippen LogP contribution in [0.5, 0.6) is 0 Å². The fourth-order valence-electron chi connectivity index (χ4n) is 3.14. The van der Waals surface area contributed by atoms with Gasteiger partial charge in [-0.3, -0.25) is 4.79 Å². The number of rotatable bonds is 5. The number of piperidine rings is 1. The number of thiazole rings is 1. The molecule has 8 heteroatoms. The van der Waals surface area contributed by atoms with Crippen molar-refractivity contribution in [3.8, 4) is 0 Å². The van der Waals surface area contributed by atoms with E-state index in [4.69, 9.17) is 0 Å². The summed E-state index contributed by atoms with van der Waals surface area (Å²) in [5.41, 5.74) is 3.68. The van der Waals surface area contributed by atoms with Crippen molar-refractivity contribution < 1.29 is 4.79 Å². The first-order valence-corrected chi connectivity index (χ1v) is 10.5. The molecular weight excluding hydrogens is 366 g/mol. The maximum Gasteiger partial charge on any atom is 0.254 e. The molecule has 0 spiro atoms. The summed E-state index contributed by atoms with van der Waals surface area (Å²) in [6.07, 6.45) is 5.13. The van der Waals surface area contributed by atoms with E-state index in [2.05, 4.69) is 15.1 Å². The molecule has 134 valence electrons. The maximum absolute atomic E-state index is 13.0. The molecule has 0 bridgehead atoms. The Morgan fingerprint density at radius 2 is 2.12 bits per heavy atom. The summed E-state index contributed by atoms with van der Waals surface area (Å²) in [5.74, 6) is 0.894. The third-order valence-corrected chi connectivity index (χ3v) is 6.28. The number of thioether (sulfide) groups is 1. The molecule has 1 aliphatic heterocycles. The Morgan fingerprint density at radius 1 is 1.27 bits per heavy atom. The first-order valence-electron chi connectivity index (χ1n) is 8.53. The number of carbonyl (C=O) groups is 1. The normalized spacial score (nSPS) is 15.3. The van der Waals surface area contributed by atoms with Crippen LogP contribution >= 0.6 is 23.1 Å². The van der Waals surface area contributed by atoms with Crippen LogP contribution in [0, 0.1) is 0 Å². The molecule has 4 rings (SSSR count). The zero-order valence-electron chi connectivity index (χ0n) is 14.2. The summed E-state index contributed by atoms with van der Waals surface area (Å²) in [5, 5.41) is 6.27. The van der Waals surface area contributed by atoms with Crippen molar-refractivity contribution in [2.45, 2.75) is 29.5 Å². The lowest BCUT2D eigenvalue weighted by atomic mass is 10.0. The number of aromatic nitrogens is 4. The van der Waals surface area contributed by atoms with Crippen LogP contribution in [0.1, 0.15) is 34.9 Å². The van der Waals surface area contributed by atoms with Gasteiger partial charge >= 0.3 is 0 Å². The quantitative estimate of drug-likeness (QED) is 0.629. The first-order chi connectivity index (χ1) is 12.8. The summed E-state index contributed by atoms with van der Waals surface area (Å²) in [6.45, 7) is 1.49. The van der Waals surface area contributed by atoms with Gasteiger partial charge in [0.05, 0.1) is 22.8 Å². The molecule has 0 atom stereocenters. The molecule has 1 aliphatic rings. The molecule has 3 aromatic rings. The third kappa shape index (κ3) is 3.81. The molecule has 0 aliphatic carbocycles. The summed E-state index contributed by atoms with van der Waals surface area (Å²) >= 11 is 3.27. The Kier molecular flexibility index (Phi) is 5.31. The summed E-state index contributed by atoms with van der Waals surface area (Å²) in [7, 11) is 0. The maximum atomic E-state index is 13.0. The molecule has 1 aromatic carbocycles. The van der Waals surface area contributed by atoms with E-state index < -0.39 is 0 Å². The summed E-state index contributed by atoms with van der Waals surface area (Å²) in [4.78, 5) is 24.3. The van der Waals surface area contributed by atoms with Crippen molar-refractivity contribution >= 4 is 29.0 Å². The average molecular weight is 386 g/mol. The van der Waals surface area contributed by atoms with E-state index in [-0.39, 0.29) is 5.91 Å². The van der Waals surface area contributed by atoms with Crippen LogP contribution in [0.15, 0.2) is 52.7 Å². The van der Waals surface area contributed by atoms with Crippen molar-refractivity contribution in [2.24, 2.45) is 0 Å². The highest BCUT2D eigenvalue weighted by Gasteiger charge is 2.26. The number of hydrogen-bond donors (Lipinski definition) is 0. The third-order valence-electron chi connectivity index (χ3n) is 4.54. The van der Waals surface area contributed by atoms with E-state index in [0.717, 1.165) is 47.8 Å². The second kappa shape index (κ2) is 8.01. The van der Waals surface area contributed by atoms with Crippen LogP contribution < -0.4 is 0 Å². The van der Waals surface area contributed by atoms with Gasteiger partial charge in [-0.25, -0.2) is 14.6 Å². The van der Waals surface area contributed by atoms with E-state index in [0.29, 0.717) is 6.04 Å². The van der Waals surface area contributed by atoms with Crippen molar-refractivity contribution in [3.05, 3.63) is 59.1 Å². The molecule has 1 fully saturated rings. The Hall–Kier alpha value is -2.19. The molecule has 26 heavy (non-hydrogen) atoms. The molecule has 6 nitrogen and oxygen atoms in total. The first kappa shape index (κ1) is 17.2. The average Bonchev–Trinajstić information content (AvgIpc) is 3.40. The molecule has 0 unspecified atom stereocenters. The molecule has 1 amide bonds. The van der Waals surface area contributed by atoms with Crippen molar-refractivity contribution in [1.29, 1.82) is 0 Å². The van der Waals surface area contributed by atoms with Gasteiger partial charge in [0.15, 0.2) is 0 Å². The van der Waals surface area contributed by atoms with Crippen LogP contribution in [0.3, 0.4) is 0 Å². The zero-order chi connectivity index (χ0) is 17.8. The molecular formula is C18H19N5OS2. The van der Waals surface area contributed by atoms with Crippen molar-refractivity contribution in [1.82, 2.24) is 24.6 Å². The van der Waals surface area contributed by atoms with Crippen LogP contribution in [-0.4, -0.2) is 43.6 Å². The molecule has 0 saturated carbocycles. The topological polar surface area (TPSA) is 63.9 Å². The van der Waals surface area contributed by atoms with E-state index in [1.54, 1.807) is 35.8 Å². The molecule has 1 saturated heterocycles. The smallest absolute Gasteiger partial charge is 0.254 e. The minimum absolute atomic E-state index is 0.114. The van der Waals surface area contributed by atoms with Gasteiger partial charge in [-0.2, -0.15) is 5.10 Å². The van der Waals surface area contributed by atoms with Crippen LogP contribution in [0.4, 0.5) is 0 Å². The van der Waals surface area contributed by atoms with Gasteiger partial charge in [0.1, 0.15) is 12.7 Å². The van der Waals surface area contributed by atoms with E-state index in [1.807, 2.05) is 44.7 Å². The van der Waals surface area contributed by atoms with Gasteiger partial charge in [0.2, 0.25) is 0 Å². The van der Waals surface area contributed by atoms with Crippen molar-refractivity contribution in [2.75, 3.05) is 13.1 Å². The van der Waals surface area contributed by atoms with Crippen molar-refractivity contribution in [3.63, 3.8) is 0 Å². The highest BCUT2D eigenvalue weighted by Crippen LogP contribution is 2.29. The molecule has 3 heterocycles. The number of likely N-dealkylation sites (tertiary alicyclic amines) is 1. The molecule has 0 radical (unpaired) electrons. The van der Waals surface area contributed by atoms with Gasteiger partial charge in [0.25, 0.3) is 5.91 Å². The minimum Gasteiger partial charge on any atom is -0.338 e. The monoisotopic (exact) mass is 385 g/mol. The summed E-state index contributed by atoms with van der Waals surface area (Å²) < 4.78 is 1.90. The van der Waals surface area contributed by atoms with Gasteiger partial charge < -0.3 is 4.90 Å². The molecule has 0 N–H and O–H groups in total. The number of nitrogens with zero attached hydrogens (tertiary/aromatic N) is 5. The Morgan fingerprint density at radius 3 is 2.85 bits per heavy atom. The fourth-order valence-corrected chi connectivity index (χ4v) is 4.75. The van der Waals surface area contributed by atoms with Crippen LogP contribution in [-0.2, 0) is 5.75 Å². The van der Waals surface area contributed by atoms with Gasteiger partial charge in [-0.15, -0.1) is 23.1 Å². The van der Waals surface area contributed by atoms with E-state index in [1.165, 1.54) is 0 Å². The van der Waals surface area contributed by atoms with E-state index in [9.17, 15) is 4.79 Å².